The molecule has 7 nitrogen and oxygen atoms in total. The van der Waals surface area contributed by atoms with Crippen molar-refractivity contribution in [1.82, 2.24) is 15.0 Å². The van der Waals surface area contributed by atoms with E-state index < -0.39 is 0 Å². The number of para-hydroxylation sites is 2. The van der Waals surface area contributed by atoms with Crippen LogP contribution in [0.15, 0.2) is 72.8 Å². The van der Waals surface area contributed by atoms with Gasteiger partial charge in [0.15, 0.2) is 17.5 Å². The lowest BCUT2D eigenvalue weighted by atomic mass is 9.92. The van der Waals surface area contributed by atoms with Crippen molar-refractivity contribution < 1.29 is 19.7 Å². The molecule has 3 atom stereocenters. The summed E-state index contributed by atoms with van der Waals surface area (Å²) in [6, 6.07) is 20.7. The fourth-order valence-electron chi connectivity index (χ4n) is 5.71. The van der Waals surface area contributed by atoms with Crippen LogP contribution in [0.3, 0.4) is 0 Å². The van der Waals surface area contributed by atoms with Crippen LogP contribution in [-0.2, 0) is 4.74 Å². The van der Waals surface area contributed by atoms with Crippen LogP contribution < -0.4 is 0 Å². The van der Waals surface area contributed by atoms with Crippen molar-refractivity contribution in [2.24, 2.45) is 17.8 Å². The molecule has 0 saturated carbocycles. The highest BCUT2D eigenvalue weighted by Crippen LogP contribution is 2.32. The van der Waals surface area contributed by atoms with E-state index in [9.17, 15) is 15.0 Å². The van der Waals surface area contributed by atoms with Gasteiger partial charge in [-0.15, -0.1) is 0 Å². The number of phenolic OH excluding ortho intramolecular Hbond substituents is 2. The largest absolute Gasteiger partial charge is 0.507 e. The standard InChI is InChI=1S/C40H51N3O4/c1-5-28(3)16-8-7-9-18-30(19-14-17-29(4)6-2)27-47-40(46)32-21-15-20-31(26-32)37-41-38(33-22-10-12-24-35(33)44)43-39(42-37)34-23-11-13-25-36(34)45/h10-13,15,20-26,28-30,44-45H,5-9,14,16-19,27H2,1-4H3/t28-,29?,30?/m1/s1. The molecule has 2 N–H and O–H groups in total. The van der Waals surface area contributed by atoms with Gasteiger partial charge in [-0.1, -0.05) is 115 Å². The normalized spacial score (nSPS) is 13.2. The van der Waals surface area contributed by atoms with E-state index >= 15 is 0 Å². The Balaban J connectivity index is 1.52. The Hall–Kier alpha value is -4.26. The van der Waals surface area contributed by atoms with Crippen LogP contribution in [0.2, 0.25) is 0 Å². The van der Waals surface area contributed by atoms with Gasteiger partial charge in [0, 0.05) is 5.56 Å². The van der Waals surface area contributed by atoms with E-state index in [1.807, 2.05) is 6.07 Å². The fraction of sp³-hybridized carbons (Fsp3) is 0.450. The van der Waals surface area contributed by atoms with Gasteiger partial charge in [0.1, 0.15) is 11.5 Å². The Labute approximate surface area is 280 Å². The number of carbonyl (C=O) groups excluding carboxylic acids is 1. The number of hydrogen-bond donors (Lipinski definition) is 2. The maximum absolute atomic E-state index is 13.4. The number of aromatic hydroxyl groups is 2. The Kier molecular flexibility index (Phi) is 13.8. The van der Waals surface area contributed by atoms with Gasteiger partial charge in [0.2, 0.25) is 0 Å². The number of hydrogen-bond acceptors (Lipinski definition) is 7. The first-order valence-electron chi connectivity index (χ1n) is 17.4. The molecule has 0 aliphatic heterocycles. The topological polar surface area (TPSA) is 105 Å². The molecule has 2 unspecified atom stereocenters. The summed E-state index contributed by atoms with van der Waals surface area (Å²) in [6.07, 6.45) is 11.8. The molecule has 0 saturated heterocycles. The van der Waals surface area contributed by atoms with Gasteiger partial charge >= 0.3 is 5.97 Å². The molecule has 1 heterocycles. The zero-order valence-electron chi connectivity index (χ0n) is 28.5. The van der Waals surface area contributed by atoms with Crippen LogP contribution in [0, 0.1) is 17.8 Å². The molecule has 250 valence electrons. The van der Waals surface area contributed by atoms with E-state index in [-0.39, 0.29) is 29.1 Å². The molecule has 4 rings (SSSR count). The molecular formula is C40H51N3O4. The van der Waals surface area contributed by atoms with Gasteiger partial charge in [-0.05, 0) is 67.0 Å². The summed E-state index contributed by atoms with van der Waals surface area (Å²) in [5, 5.41) is 21.1. The first-order valence-corrected chi connectivity index (χ1v) is 17.4. The summed E-state index contributed by atoms with van der Waals surface area (Å²) in [5.74, 6) is 2.35. The molecule has 4 aromatic rings. The number of benzene rings is 3. The minimum absolute atomic E-state index is 0.0273. The summed E-state index contributed by atoms with van der Waals surface area (Å²) in [6.45, 7) is 9.54. The molecule has 0 aliphatic rings. The van der Waals surface area contributed by atoms with Crippen molar-refractivity contribution in [3.63, 3.8) is 0 Å². The molecule has 7 heteroatoms. The number of nitrogens with zero attached hydrogens (tertiary/aromatic N) is 3. The van der Waals surface area contributed by atoms with E-state index in [1.165, 1.54) is 38.5 Å². The summed E-state index contributed by atoms with van der Waals surface area (Å²) in [4.78, 5) is 27.3. The first kappa shape index (κ1) is 35.6. The van der Waals surface area contributed by atoms with Crippen LogP contribution in [0.25, 0.3) is 34.2 Å². The highest BCUT2D eigenvalue weighted by Gasteiger charge is 2.19. The monoisotopic (exact) mass is 637 g/mol. The summed E-state index contributed by atoms with van der Waals surface area (Å²) in [7, 11) is 0. The number of aromatic nitrogens is 3. The Morgan fingerprint density at radius 2 is 1.19 bits per heavy atom. The molecule has 0 radical (unpaired) electrons. The summed E-state index contributed by atoms with van der Waals surface area (Å²) < 4.78 is 5.94. The molecule has 0 bridgehead atoms. The second-order valence-electron chi connectivity index (χ2n) is 13.0. The zero-order valence-corrected chi connectivity index (χ0v) is 28.5. The minimum Gasteiger partial charge on any atom is -0.507 e. The number of carbonyl (C=O) groups is 1. The fourth-order valence-corrected chi connectivity index (χ4v) is 5.71. The lowest BCUT2D eigenvalue weighted by Gasteiger charge is -2.18. The van der Waals surface area contributed by atoms with E-state index in [2.05, 4.69) is 42.6 Å². The lowest BCUT2D eigenvalue weighted by Crippen LogP contribution is -2.15. The van der Waals surface area contributed by atoms with Crippen molar-refractivity contribution in [2.45, 2.75) is 91.9 Å². The molecule has 47 heavy (non-hydrogen) atoms. The number of phenols is 2. The molecular weight excluding hydrogens is 586 g/mol. The third-order valence-electron chi connectivity index (χ3n) is 9.24. The first-order chi connectivity index (χ1) is 22.8. The maximum atomic E-state index is 13.4. The van der Waals surface area contributed by atoms with Crippen molar-refractivity contribution in [1.29, 1.82) is 0 Å². The van der Waals surface area contributed by atoms with E-state index in [0.717, 1.165) is 31.6 Å². The highest BCUT2D eigenvalue weighted by molar-refractivity contribution is 5.90. The van der Waals surface area contributed by atoms with E-state index in [4.69, 9.17) is 4.74 Å². The Morgan fingerprint density at radius 3 is 1.79 bits per heavy atom. The second kappa shape index (κ2) is 18.2. The van der Waals surface area contributed by atoms with Gasteiger partial charge in [-0.3, -0.25) is 0 Å². The maximum Gasteiger partial charge on any atom is 0.338 e. The van der Waals surface area contributed by atoms with Crippen molar-refractivity contribution in [3.8, 4) is 45.7 Å². The number of ether oxygens (including phenoxy) is 1. The molecule has 0 fully saturated rings. The van der Waals surface area contributed by atoms with Crippen LogP contribution in [-0.4, -0.2) is 37.7 Å². The third kappa shape index (κ3) is 10.6. The van der Waals surface area contributed by atoms with Crippen molar-refractivity contribution in [3.05, 3.63) is 78.4 Å². The van der Waals surface area contributed by atoms with Gasteiger partial charge in [0.25, 0.3) is 0 Å². The van der Waals surface area contributed by atoms with Gasteiger partial charge in [-0.25, -0.2) is 19.7 Å². The molecule has 0 spiro atoms. The number of esters is 1. The third-order valence-corrected chi connectivity index (χ3v) is 9.24. The van der Waals surface area contributed by atoms with Gasteiger partial charge in [0.05, 0.1) is 23.3 Å². The van der Waals surface area contributed by atoms with Crippen LogP contribution in [0.5, 0.6) is 11.5 Å². The highest BCUT2D eigenvalue weighted by atomic mass is 16.5. The zero-order chi connectivity index (χ0) is 33.6. The van der Waals surface area contributed by atoms with Crippen molar-refractivity contribution in [2.75, 3.05) is 6.61 Å². The van der Waals surface area contributed by atoms with Crippen LogP contribution in [0.4, 0.5) is 0 Å². The van der Waals surface area contributed by atoms with E-state index in [1.54, 1.807) is 66.7 Å². The molecule has 0 aliphatic carbocycles. The number of rotatable bonds is 18. The summed E-state index contributed by atoms with van der Waals surface area (Å²) >= 11 is 0. The SMILES string of the molecule is CCC(C)CCCC(CCCCC[C@H](C)CC)COC(=O)c1cccc(-c2nc(-c3ccccc3O)nc(-c3ccccc3O)n2)c1. The Morgan fingerprint density at radius 1 is 0.660 bits per heavy atom. The predicted molar refractivity (Wildman–Crippen MR) is 189 cm³/mol. The minimum atomic E-state index is -0.369. The molecule has 1 aromatic heterocycles. The summed E-state index contributed by atoms with van der Waals surface area (Å²) in [5.41, 5.74) is 1.88. The Bertz CT molecular complexity index is 1510. The van der Waals surface area contributed by atoms with Gasteiger partial charge in [-0.2, -0.15) is 0 Å². The lowest BCUT2D eigenvalue weighted by molar-refractivity contribution is 0.0421. The van der Waals surface area contributed by atoms with Crippen LogP contribution in [0.1, 0.15) is 102 Å². The average Bonchev–Trinajstić information content (AvgIpc) is 3.09. The smallest absolute Gasteiger partial charge is 0.338 e. The molecule has 3 aromatic carbocycles. The second-order valence-corrected chi connectivity index (χ2v) is 13.0. The average molecular weight is 638 g/mol. The van der Waals surface area contributed by atoms with E-state index in [0.29, 0.717) is 46.5 Å². The predicted octanol–water partition coefficient (Wildman–Crippen LogP) is 10.3. The van der Waals surface area contributed by atoms with Crippen molar-refractivity contribution >= 4 is 5.97 Å². The van der Waals surface area contributed by atoms with Gasteiger partial charge < -0.3 is 14.9 Å². The van der Waals surface area contributed by atoms with Crippen LogP contribution >= 0.6 is 0 Å². The molecule has 0 amide bonds. The quantitative estimate of drug-likeness (QED) is 0.0826. The number of unbranched alkanes of at least 4 members (excludes halogenated alkanes) is 2.